The van der Waals surface area contributed by atoms with Crippen LogP contribution in [-0.4, -0.2) is 19.8 Å². The van der Waals surface area contributed by atoms with Crippen LogP contribution in [0.1, 0.15) is 37.0 Å². The van der Waals surface area contributed by atoms with Crippen LogP contribution < -0.4 is 4.74 Å². The Balaban J connectivity index is 1.68. The summed E-state index contributed by atoms with van der Waals surface area (Å²) in [5.41, 5.74) is 3.92. The predicted octanol–water partition coefficient (Wildman–Crippen LogP) is 4.74. The lowest BCUT2D eigenvalue weighted by Gasteiger charge is -2.26. The van der Waals surface area contributed by atoms with E-state index in [4.69, 9.17) is 9.47 Å². The lowest BCUT2D eigenvalue weighted by Crippen LogP contribution is -2.18. The molecule has 122 valence electrons. The summed E-state index contributed by atoms with van der Waals surface area (Å²) in [7, 11) is 0. The van der Waals surface area contributed by atoms with E-state index in [1.165, 1.54) is 16.7 Å². The van der Waals surface area contributed by atoms with Gasteiger partial charge in [-0.15, -0.1) is 0 Å². The van der Waals surface area contributed by atoms with Crippen molar-refractivity contribution in [1.29, 1.82) is 0 Å². The maximum Gasteiger partial charge on any atom is 0.119 e. The zero-order valence-corrected chi connectivity index (χ0v) is 14.3. The molecule has 0 N–H and O–H groups in total. The zero-order chi connectivity index (χ0) is 16.3. The van der Waals surface area contributed by atoms with Crippen molar-refractivity contribution in [3.8, 4) is 5.75 Å². The minimum Gasteiger partial charge on any atom is -0.493 e. The molecule has 3 rings (SSSR count). The summed E-state index contributed by atoms with van der Waals surface area (Å²) >= 11 is 0. The molecule has 23 heavy (non-hydrogen) atoms. The van der Waals surface area contributed by atoms with Crippen LogP contribution in [0, 0.1) is 12.8 Å². The van der Waals surface area contributed by atoms with Crippen LogP contribution in [-0.2, 0) is 10.2 Å². The molecular weight excluding hydrogens is 284 g/mol. The highest BCUT2D eigenvalue weighted by Gasteiger charge is 2.23. The lowest BCUT2D eigenvalue weighted by atomic mass is 9.78. The fourth-order valence-corrected chi connectivity index (χ4v) is 3.03. The van der Waals surface area contributed by atoms with Crippen LogP contribution in [0.25, 0.3) is 0 Å². The van der Waals surface area contributed by atoms with Crippen molar-refractivity contribution in [2.75, 3.05) is 19.8 Å². The molecule has 0 amide bonds. The van der Waals surface area contributed by atoms with E-state index in [0.717, 1.165) is 32.0 Å². The first-order valence-electron chi connectivity index (χ1n) is 8.44. The average Bonchev–Trinajstić information content (AvgIpc) is 3.07. The van der Waals surface area contributed by atoms with Crippen LogP contribution in [0.4, 0.5) is 0 Å². The topological polar surface area (TPSA) is 18.5 Å². The number of hydrogen-bond acceptors (Lipinski definition) is 2. The van der Waals surface area contributed by atoms with Gasteiger partial charge in [0.15, 0.2) is 0 Å². The molecule has 0 spiro atoms. The Labute approximate surface area is 139 Å². The number of rotatable bonds is 5. The summed E-state index contributed by atoms with van der Waals surface area (Å²) in [6, 6.07) is 17.3. The first-order chi connectivity index (χ1) is 11.1. The van der Waals surface area contributed by atoms with Gasteiger partial charge in [0.05, 0.1) is 13.2 Å². The molecule has 1 saturated heterocycles. The predicted molar refractivity (Wildman–Crippen MR) is 94.2 cm³/mol. The van der Waals surface area contributed by atoms with E-state index in [9.17, 15) is 0 Å². The standard InChI is InChI=1S/C21H26O2/c1-16-4-6-18(7-5-16)21(2,3)19-8-10-20(11-9-19)23-15-17-12-13-22-14-17/h4-11,17H,12-15H2,1-3H3. The van der Waals surface area contributed by atoms with Gasteiger partial charge < -0.3 is 9.47 Å². The molecule has 0 saturated carbocycles. The zero-order valence-electron chi connectivity index (χ0n) is 14.3. The normalized spacial score (nSPS) is 18.1. The van der Waals surface area contributed by atoms with Crippen LogP contribution in [0.3, 0.4) is 0 Å². The van der Waals surface area contributed by atoms with E-state index >= 15 is 0 Å². The maximum atomic E-state index is 5.90. The molecule has 0 bridgehead atoms. The van der Waals surface area contributed by atoms with E-state index in [-0.39, 0.29) is 5.41 Å². The minimum absolute atomic E-state index is 0.00841. The highest BCUT2D eigenvalue weighted by molar-refractivity contribution is 5.40. The Hall–Kier alpha value is -1.80. The summed E-state index contributed by atoms with van der Waals surface area (Å²) in [6.07, 6.45) is 1.11. The Morgan fingerprint density at radius 3 is 2.17 bits per heavy atom. The SMILES string of the molecule is Cc1ccc(C(C)(C)c2ccc(OCC3CCOC3)cc2)cc1. The molecule has 2 nitrogen and oxygen atoms in total. The fourth-order valence-electron chi connectivity index (χ4n) is 3.03. The highest BCUT2D eigenvalue weighted by Crippen LogP contribution is 2.32. The van der Waals surface area contributed by atoms with Gasteiger partial charge in [-0.05, 0) is 36.6 Å². The molecule has 1 aliphatic heterocycles. The molecule has 1 fully saturated rings. The Morgan fingerprint density at radius 1 is 1.00 bits per heavy atom. The van der Waals surface area contributed by atoms with Crippen molar-refractivity contribution < 1.29 is 9.47 Å². The van der Waals surface area contributed by atoms with Crippen LogP contribution in [0.2, 0.25) is 0 Å². The maximum absolute atomic E-state index is 5.90. The molecule has 0 aliphatic carbocycles. The quantitative estimate of drug-likeness (QED) is 0.794. The highest BCUT2D eigenvalue weighted by atomic mass is 16.5. The molecule has 2 aromatic carbocycles. The minimum atomic E-state index is -0.00841. The van der Waals surface area contributed by atoms with Gasteiger partial charge in [-0.3, -0.25) is 0 Å². The Bertz CT molecular complexity index is 620. The Morgan fingerprint density at radius 2 is 1.61 bits per heavy atom. The number of benzene rings is 2. The second-order valence-electron chi connectivity index (χ2n) is 7.06. The molecule has 1 heterocycles. The average molecular weight is 310 g/mol. The van der Waals surface area contributed by atoms with Gasteiger partial charge in [-0.1, -0.05) is 55.8 Å². The van der Waals surface area contributed by atoms with E-state index in [2.05, 4.69) is 69.3 Å². The number of ether oxygens (including phenoxy) is 2. The number of hydrogen-bond donors (Lipinski definition) is 0. The largest absolute Gasteiger partial charge is 0.493 e. The van der Waals surface area contributed by atoms with Crippen molar-refractivity contribution in [2.45, 2.75) is 32.6 Å². The van der Waals surface area contributed by atoms with Gasteiger partial charge in [0.1, 0.15) is 5.75 Å². The fraction of sp³-hybridized carbons (Fsp3) is 0.429. The van der Waals surface area contributed by atoms with Gasteiger partial charge >= 0.3 is 0 Å². The molecule has 1 unspecified atom stereocenters. The van der Waals surface area contributed by atoms with Crippen LogP contribution >= 0.6 is 0 Å². The summed E-state index contributed by atoms with van der Waals surface area (Å²) in [4.78, 5) is 0. The van der Waals surface area contributed by atoms with Gasteiger partial charge in [-0.25, -0.2) is 0 Å². The van der Waals surface area contributed by atoms with E-state index < -0.39 is 0 Å². The van der Waals surface area contributed by atoms with E-state index in [1.807, 2.05) is 0 Å². The lowest BCUT2D eigenvalue weighted by molar-refractivity contribution is 0.167. The molecule has 1 aliphatic rings. The second-order valence-corrected chi connectivity index (χ2v) is 7.06. The third-order valence-electron chi connectivity index (χ3n) is 4.86. The van der Waals surface area contributed by atoms with Crippen LogP contribution in [0.5, 0.6) is 5.75 Å². The molecule has 2 heteroatoms. The van der Waals surface area contributed by atoms with E-state index in [0.29, 0.717) is 5.92 Å². The van der Waals surface area contributed by atoms with Crippen molar-refractivity contribution in [1.82, 2.24) is 0 Å². The van der Waals surface area contributed by atoms with Crippen molar-refractivity contribution in [2.24, 2.45) is 5.92 Å². The van der Waals surface area contributed by atoms with Gasteiger partial charge in [-0.2, -0.15) is 0 Å². The van der Waals surface area contributed by atoms with E-state index in [1.54, 1.807) is 0 Å². The molecule has 2 aromatic rings. The first kappa shape index (κ1) is 16.1. The van der Waals surface area contributed by atoms with Gasteiger partial charge in [0.2, 0.25) is 0 Å². The third kappa shape index (κ3) is 3.76. The monoisotopic (exact) mass is 310 g/mol. The van der Waals surface area contributed by atoms with Crippen molar-refractivity contribution in [3.05, 3.63) is 65.2 Å². The summed E-state index contributed by atoms with van der Waals surface area (Å²) in [5, 5.41) is 0. The first-order valence-corrected chi connectivity index (χ1v) is 8.44. The molecule has 0 aromatic heterocycles. The molecule has 1 atom stereocenters. The second kappa shape index (κ2) is 6.76. The molecular formula is C21H26O2. The smallest absolute Gasteiger partial charge is 0.119 e. The summed E-state index contributed by atoms with van der Waals surface area (Å²) in [5.74, 6) is 1.49. The van der Waals surface area contributed by atoms with Gasteiger partial charge in [0.25, 0.3) is 0 Å². The van der Waals surface area contributed by atoms with Crippen molar-refractivity contribution in [3.63, 3.8) is 0 Å². The summed E-state index contributed by atoms with van der Waals surface area (Å²) in [6.45, 7) is 9.11. The number of aryl methyl sites for hydroxylation is 1. The van der Waals surface area contributed by atoms with Gasteiger partial charge in [0, 0.05) is 17.9 Å². The summed E-state index contributed by atoms with van der Waals surface area (Å²) < 4.78 is 11.3. The third-order valence-corrected chi connectivity index (χ3v) is 4.86. The van der Waals surface area contributed by atoms with Crippen LogP contribution in [0.15, 0.2) is 48.5 Å². The Kier molecular flexibility index (Phi) is 4.72. The van der Waals surface area contributed by atoms with Crippen molar-refractivity contribution >= 4 is 0 Å². The molecule has 0 radical (unpaired) electrons.